The van der Waals surface area contributed by atoms with Crippen LogP contribution in [0.15, 0.2) is 101 Å². The molecule has 31 heavy (non-hydrogen) atoms. The molecule has 0 bridgehead atoms. The van der Waals surface area contributed by atoms with E-state index in [0.717, 1.165) is 28.5 Å². The first-order valence-electron chi connectivity index (χ1n) is 9.37. The maximum Gasteiger partial charge on any atom is 0.0873 e. The molecule has 0 heterocycles. The van der Waals surface area contributed by atoms with E-state index >= 15 is 0 Å². The van der Waals surface area contributed by atoms with Crippen molar-refractivity contribution in [1.29, 1.82) is 0 Å². The van der Waals surface area contributed by atoms with Gasteiger partial charge in [0.1, 0.15) is 0 Å². The van der Waals surface area contributed by atoms with E-state index in [-0.39, 0.29) is 0 Å². The summed E-state index contributed by atoms with van der Waals surface area (Å²) in [6, 6.07) is 19.9. The number of anilines is 2. The van der Waals surface area contributed by atoms with Gasteiger partial charge in [-0.2, -0.15) is 0 Å². The third-order valence-corrected chi connectivity index (χ3v) is 5.16. The van der Waals surface area contributed by atoms with Gasteiger partial charge in [-0.15, -0.1) is 0 Å². The van der Waals surface area contributed by atoms with E-state index in [0.29, 0.717) is 26.4 Å². The Morgan fingerprint density at radius 1 is 0.677 bits per heavy atom. The van der Waals surface area contributed by atoms with Crippen LogP contribution in [-0.2, 0) is 0 Å². The number of hydrogen-bond acceptors (Lipinski definition) is 4. The highest BCUT2D eigenvalue weighted by Gasteiger charge is 2.13. The van der Waals surface area contributed by atoms with Crippen molar-refractivity contribution >= 4 is 69.0 Å². The van der Waals surface area contributed by atoms with Gasteiger partial charge in [-0.25, -0.2) is 9.98 Å². The summed E-state index contributed by atoms with van der Waals surface area (Å²) in [6.45, 7) is 0. The third kappa shape index (κ3) is 5.56. The molecule has 4 rings (SSSR count). The maximum absolute atomic E-state index is 6.16. The standard InChI is InChI=1S/C24H17Cl3N4/c25-15-1-6-18(7-2-15)29-20-10-12-22(30-19-8-3-16(26)4-9-19)24(14-20)31-23-13-17(27)5-11-21(23)28/h1-14,31H,28H2. The minimum Gasteiger partial charge on any atom is -0.397 e. The Hall–Kier alpha value is -3.05. The monoisotopic (exact) mass is 466 g/mol. The molecule has 0 amide bonds. The average Bonchev–Trinajstić information content (AvgIpc) is 2.76. The van der Waals surface area contributed by atoms with Crippen LogP contribution in [0, 0.1) is 0 Å². The molecular weight excluding hydrogens is 451 g/mol. The van der Waals surface area contributed by atoms with E-state index in [9.17, 15) is 0 Å². The van der Waals surface area contributed by atoms with Gasteiger partial charge in [-0.1, -0.05) is 34.8 Å². The molecule has 0 radical (unpaired) electrons. The van der Waals surface area contributed by atoms with E-state index in [1.807, 2.05) is 42.5 Å². The lowest BCUT2D eigenvalue weighted by Gasteiger charge is -2.17. The summed E-state index contributed by atoms with van der Waals surface area (Å²) in [5.41, 5.74) is 11.2. The molecule has 0 aliphatic heterocycles. The maximum atomic E-state index is 6.16. The number of nitrogens with zero attached hydrogens (tertiary/aromatic N) is 2. The Morgan fingerprint density at radius 3 is 1.90 bits per heavy atom. The quantitative estimate of drug-likeness (QED) is 0.306. The number of allylic oxidation sites excluding steroid dienone is 3. The Balaban J connectivity index is 1.73. The van der Waals surface area contributed by atoms with Crippen LogP contribution < -0.4 is 11.1 Å². The predicted octanol–water partition coefficient (Wildman–Crippen LogP) is 7.64. The molecule has 7 heteroatoms. The van der Waals surface area contributed by atoms with Crippen molar-refractivity contribution in [1.82, 2.24) is 0 Å². The number of nitrogens with two attached hydrogens (primary N) is 1. The zero-order chi connectivity index (χ0) is 21.8. The highest BCUT2D eigenvalue weighted by molar-refractivity contribution is 6.31. The van der Waals surface area contributed by atoms with Crippen LogP contribution >= 0.6 is 34.8 Å². The molecule has 0 saturated carbocycles. The number of hydrogen-bond donors (Lipinski definition) is 2. The molecule has 3 aromatic rings. The average molecular weight is 468 g/mol. The molecule has 4 nitrogen and oxygen atoms in total. The fourth-order valence-corrected chi connectivity index (χ4v) is 3.32. The van der Waals surface area contributed by atoms with Crippen molar-refractivity contribution in [2.45, 2.75) is 0 Å². The zero-order valence-corrected chi connectivity index (χ0v) is 18.5. The molecule has 0 spiro atoms. The van der Waals surface area contributed by atoms with Crippen LogP contribution in [-0.4, -0.2) is 11.4 Å². The zero-order valence-electron chi connectivity index (χ0n) is 16.2. The van der Waals surface area contributed by atoms with Gasteiger partial charge >= 0.3 is 0 Å². The van der Waals surface area contributed by atoms with Crippen molar-refractivity contribution in [2.75, 3.05) is 11.1 Å². The van der Waals surface area contributed by atoms with Crippen LogP contribution in [0.25, 0.3) is 0 Å². The number of benzene rings is 3. The van der Waals surface area contributed by atoms with Gasteiger partial charge in [0.2, 0.25) is 0 Å². The first-order valence-corrected chi connectivity index (χ1v) is 10.5. The van der Waals surface area contributed by atoms with Crippen LogP contribution in [0.5, 0.6) is 0 Å². The lowest BCUT2D eigenvalue weighted by atomic mass is 10.1. The van der Waals surface area contributed by atoms with Gasteiger partial charge in [-0.05, 0) is 85.0 Å². The number of nitrogens with one attached hydrogen (secondary N) is 1. The van der Waals surface area contributed by atoms with Crippen LogP contribution in [0.1, 0.15) is 0 Å². The van der Waals surface area contributed by atoms with Crippen molar-refractivity contribution in [2.24, 2.45) is 9.98 Å². The van der Waals surface area contributed by atoms with Crippen LogP contribution in [0.3, 0.4) is 0 Å². The first-order chi connectivity index (χ1) is 15.0. The molecular formula is C24H17Cl3N4. The number of halogens is 3. The molecule has 3 N–H and O–H groups in total. The van der Waals surface area contributed by atoms with E-state index < -0.39 is 0 Å². The Bertz CT molecular complexity index is 1220. The highest BCUT2D eigenvalue weighted by atomic mass is 35.5. The van der Waals surface area contributed by atoms with Crippen molar-refractivity contribution in [3.8, 4) is 0 Å². The fourth-order valence-electron chi connectivity index (χ4n) is 2.89. The molecule has 0 atom stereocenters. The second-order valence-electron chi connectivity index (χ2n) is 6.73. The lowest BCUT2D eigenvalue weighted by Crippen LogP contribution is -2.16. The summed E-state index contributed by atoms with van der Waals surface area (Å²) in [7, 11) is 0. The van der Waals surface area contributed by atoms with Crippen LogP contribution in [0.4, 0.5) is 22.7 Å². The van der Waals surface area contributed by atoms with E-state index in [4.69, 9.17) is 45.5 Å². The van der Waals surface area contributed by atoms with Gasteiger partial charge in [0.15, 0.2) is 0 Å². The number of rotatable bonds is 4. The van der Waals surface area contributed by atoms with E-state index in [1.54, 1.807) is 42.5 Å². The first kappa shape index (κ1) is 21.2. The van der Waals surface area contributed by atoms with Gasteiger partial charge in [0.05, 0.1) is 39.9 Å². The Labute approximate surface area is 195 Å². The summed E-state index contributed by atoms with van der Waals surface area (Å²) in [6.07, 6.45) is 5.70. The van der Waals surface area contributed by atoms with Crippen LogP contribution in [0.2, 0.25) is 15.1 Å². The summed E-state index contributed by atoms with van der Waals surface area (Å²) in [5, 5.41) is 5.23. The minimum absolute atomic E-state index is 0.571. The number of aliphatic imine (C=N–C) groups is 2. The predicted molar refractivity (Wildman–Crippen MR) is 134 cm³/mol. The summed E-state index contributed by atoms with van der Waals surface area (Å²) >= 11 is 18.1. The molecule has 0 aromatic heterocycles. The smallest absolute Gasteiger partial charge is 0.0873 e. The molecule has 1 aliphatic rings. The second-order valence-corrected chi connectivity index (χ2v) is 8.04. The summed E-state index contributed by atoms with van der Waals surface area (Å²) in [4.78, 5) is 9.41. The highest BCUT2D eigenvalue weighted by Crippen LogP contribution is 2.27. The molecule has 0 unspecified atom stereocenters. The summed E-state index contributed by atoms with van der Waals surface area (Å²) in [5.74, 6) is 0. The number of nitrogen functional groups attached to an aromatic ring is 1. The van der Waals surface area contributed by atoms with Crippen molar-refractivity contribution in [3.63, 3.8) is 0 Å². The molecule has 0 saturated heterocycles. The topological polar surface area (TPSA) is 62.8 Å². The van der Waals surface area contributed by atoms with Crippen molar-refractivity contribution in [3.05, 3.63) is 106 Å². The lowest BCUT2D eigenvalue weighted by molar-refractivity contribution is 1.44. The molecule has 1 aliphatic carbocycles. The van der Waals surface area contributed by atoms with Gasteiger partial charge < -0.3 is 11.1 Å². The Morgan fingerprint density at radius 2 is 1.26 bits per heavy atom. The SMILES string of the molecule is Nc1ccc(Cl)cc1NC1=CC(=Nc2ccc(Cl)cc2)C=CC1=Nc1ccc(Cl)cc1. The minimum atomic E-state index is 0.571. The second kappa shape index (κ2) is 9.40. The fraction of sp³-hybridized carbons (Fsp3) is 0. The van der Waals surface area contributed by atoms with Gasteiger partial charge in [0.25, 0.3) is 0 Å². The Kier molecular flexibility index (Phi) is 6.42. The molecule has 154 valence electrons. The summed E-state index contributed by atoms with van der Waals surface area (Å²) < 4.78 is 0. The molecule has 3 aromatic carbocycles. The van der Waals surface area contributed by atoms with E-state index in [1.165, 1.54) is 0 Å². The van der Waals surface area contributed by atoms with Gasteiger partial charge in [0, 0.05) is 15.1 Å². The molecule has 0 fully saturated rings. The van der Waals surface area contributed by atoms with Crippen molar-refractivity contribution < 1.29 is 0 Å². The van der Waals surface area contributed by atoms with E-state index in [2.05, 4.69) is 10.3 Å². The normalized spacial score (nSPS) is 15.9. The largest absolute Gasteiger partial charge is 0.397 e. The van der Waals surface area contributed by atoms with Gasteiger partial charge in [-0.3, -0.25) is 0 Å². The third-order valence-electron chi connectivity index (χ3n) is 4.43.